The Morgan fingerprint density at radius 1 is 0.885 bits per heavy atom. The summed E-state index contributed by atoms with van der Waals surface area (Å²) in [5.41, 5.74) is 4.22. The van der Waals surface area contributed by atoms with Crippen LogP contribution in [-0.2, 0) is 11.2 Å². The van der Waals surface area contributed by atoms with E-state index in [4.69, 9.17) is 0 Å². The minimum absolute atomic E-state index is 0.167. The summed E-state index contributed by atoms with van der Waals surface area (Å²) < 4.78 is 0. The molecule has 0 atom stereocenters. The van der Waals surface area contributed by atoms with E-state index in [-0.39, 0.29) is 5.78 Å². The van der Waals surface area contributed by atoms with Crippen molar-refractivity contribution in [1.29, 1.82) is 0 Å². The van der Waals surface area contributed by atoms with Crippen LogP contribution in [0, 0.1) is 25.7 Å². The van der Waals surface area contributed by atoms with Gasteiger partial charge in [-0.3, -0.25) is 0 Å². The molecule has 0 unspecified atom stereocenters. The lowest BCUT2D eigenvalue weighted by Gasteiger charge is -2.01. The van der Waals surface area contributed by atoms with Crippen molar-refractivity contribution < 1.29 is 4.79 Å². The molecule has 0 bridgehead atoms. The molecular formula is C25H48O. The maximum atomic E-state index is 9.44. The van der Waals surface area contributed by atoms with Crippen LogP contribution in [0.1, 0.15) is 105 Å². The summed E-state index contributed by atoms with van der Waals surface area (Å²) in [5, 5.41) is 0. The summed E-state index contributed by atoms with van der Waals surface area (Å²) >= 11 is 0. The standard InChI is InChI=1S/C10H14.C8H18.C4H10.C3H6O/c1-4-10-6-5-8(2)9(3)7-10;1-4-5-6-7-8(2)3;1-4(2)3;1-3(2)4/h5-7H,4H2,1-3H3;8H,4-7H2,1-3H3;4H,1-3H3;1-2H3. The fourth-order valence-electron chi connectivity index (χ4n) is 1.83. The van der Waals surface area contributed by atoms with Gasteiger partial charge in [-0.25, -0.2) is 0 Å². The lowest BCUT2D eigenvalue weighted by Crippen LogP contribution is -1.85. The van der Waals surface area contributed by atoms with Gasteiger partial charge >= 0.3 is 0 Å². The van der Waals surface area contributed by atoms with Gasteiger partial charge in [0, 0.05) is 0 Å². The average molecular weight is 365 g/mol. The van der Waals surface area contributed by atoms with Crippen molar-refractivity contribution in [2.24, 2.45) is 11.8 Å². The maximum Gasteiger partial charge on any atom is 0.126 e. The van der Waals surface area contributed by atoms with E-state index < -0.39 is 0 Å². The van der Waals surface area contributed by atoms with Crippen molar-refractivity contribution in [1.82, 2.24) is 0 Å². The number of benzene rings is 1. The molecule has 1 rings (SSSR count). The highest BCUT2D eigenvalue weighted by molar-refractivity contribution is 5.72. The Labute approximate surface area is 166 Å². The van der Waals surface area contributed by atoms with Crippen molar-refractivity contribution >= 4 is 5.78 Å². The Morgan fingerprint density at radius 2 is 1.35 bits per heavy atom. The first-order chi connectivity index (χ1) is 12.0. The SMILES string of the molecule is CC(C)=O.CC(C)C.CCCCCC(C)C.CCc1ccc(C)c(C)c1. The van der Waals surface area contributed by atoms with Crippen LogP contribution in [0.4, 0.5) is 0 Å². The summed E-state index contributed by atoms with van der Waals surface area (Å²) in [6.07, 6.45) is 6.74. The first kappa shape index (κ1) is 29.6. The summed E-state index contributed by atoms with van der Waals surface area (Å²) in [7, 11) is 0. The van der Waals surface area contributed by atoms with E-state index in [1.54, 1.807) is 0 Å². The third kappa shape index (κ3) is 30.7. The van der Waals surface area contributed by atoms with Crippen molar-refractivity contribution in [2.45, 2.75) is 108 Å². The number of ketones is 1. The van der Waals surface area contributed by atoms with Gasteiger partial charge in [-0.1, -0.05) is 92.3 Å². The lowest BCUT2D eigenvalue weighted by molar-refractivity contribution is -0.114. The van der Waals surface area contributed by atoms with Crippen molar-refractivity contribution in [3.05, 3.63) is 34.9 Å². The average Bonchev–Trinajstić information content (AvgIpc) is 2.49. The van der Waals surface area contributed by atoms with E-state index in [1.807, 2.05) is 0 Å². The zero-order chi connectivity index (χ0) is 21.1. The summed E-state index contributed by atoms with van der Waals surface area (Å²) in [6, 6.07) is 6.64. The van der Waals surface area contributed by atoms with E-state index in [2.05, 4.69) is 80.5 Å². The van der Waals surface area contributed by atoms with Crippen molar-refractivity contribution in [3.63, 3.8) is 0 Å². The number of carbonyl (C=O) groups excluding carboxylic acids is 1. The molecule has 0 N–H and O–H groups in total. The smallest absolute Gasteiger partial charge is 0.126 e. The summed E-state index contributed by atoms with van der Waals surface area (Å²) in [5.74, 6) is 1.90. The molecule has 0 spiro atoms. The number of carbonyl (C=O) groups is 1. The molecule has 1 aromatic carbocycles. The number of hydrogen-bond acceptors (Lipinski definition) is 1. The van der Waals surface area contributed by atoms with Gasteiger partial charge in [0.05, 0.1) is 0 Å². The molecule has 0 amide bonds. The van der Waals surface area contributed by atoms with Gasteiger partial charge in [0.25, 0.3) is 0 Å². The molecule has 1 aromatic rings. The third-order valence-corrected chi connectivity index (χ3v) is 3.36. The third-order valence-electron chi connectivity index (χ3n) is 3.36. The van der Waals surface area contributed by atoms with Crippen LogP contribution < -0.4 is 0 Å². The van der Waals surface area contributed by atoms with Crippen LogP contribution in [0.2, 0.25) is 0 Å². The molecule has 0 aliphatic carbocycles. The Kier molecular flexibility index (Phi) is 23.0. The Balaban J connectivity index is -0.000000296. The second-order valence-electron chi connectivity index (χ2n) is 8.30. The van der Waals surface area contributed by atoms with Gasteiger partial charge in [-0.15, -0.1) is 0 Å². The molecule has 0 aliphatic rings. The predicted octanol–water partition coefficient (Wildman–Crippen LogP) is 8.35. The molecule has 0 radical (unpaired) electrons. The molecule has 0 saturated heterocycles. The number of aryl methyl sites for hydroxylation is 3. The minimum Gasteiger partial charge on any atom is -0.300 e. The second-order valence-corrected chi connectivity index (χ2v) is 8.30. The van der Waals surface area contributed by atoms with Crippen LogP contribution in [0.25, 0.3) is 0 Å². The minimum atomic E-state index is 0.167. The van der Waals surface area contributed by atoms with E-state index in [0.717, 1.165) is 18.3 Å². The van der Waals surface area contributed by atoms with E-state index in [9.17, 15) is 4.79 Å². The fourth-order valence-corrected chi connectivity index (χ4v) is 1.83. The second kappa shape index (κ2) is 20.2. The normalized spacial score (nSPS) is 9.42. The van der Waals surface area contributed by atoms with Gasteiger partial charge in [0.15, 0.2) is 0 Å². The van der Waals surface area contributed by atoms with Crippen LogP contribution in [0.3, 0.4) is 0 Å². The van der Waals surface area contributed by atoms with E-state index in [0.29, 0.717) is 0 Å². The van der Waals surface area contributed by atoms with Crippen LogP contribution in [0.5, 0.6) is 0 Å². The lowest BCUT2D eigenvalue weighted by atomic mass is 10.1. The van der Waals surface area contributed by atoms with E-state index in [1.165, 1.54) is 56.2 Å². The Bertz CT molecular complexity index is 423. The van der Waals surface area contributed by atoms with Gasteiger partial charge < -0.3 is 4.79 Å². The Hall–Kier alpha value is -1.11. The quantitative estimate of drug-likeness (QED) is 0.480. The summed E-state index contributed by atoms with van der Waals surface area (Å²) in [6.45, 7) is 22.9. The highest BCUT2D eigenvalue weighted by Crippen LogP contribution is 2.09. The molecule has 26 heavy (non-hydrogen) atoms. The van der Waals surface area contributed by atoms with Crippen molar-refractivity contribution in [3.8, 4) is 0 Å². The zero-order valence-corrected chi connectivity index (χ0v) is 19.8. The first-order valence-electron chi connectivity index (χ1n) is 10.5. The van der Waals surface area contributed by atoms with E-state index >= 15 is 0 Å². The molecule has 0 aliphatic heterocycles. The first-order valence-corrected chi connectivity index (χ1v) is 10.5. The number of unbranched alkanes of at least 4 members (excludes halogenated alkanes) is 2. The summed E-state index contributed by atoms with van der Waals surface area (Å²) in [4.78, 5) is 9.44. The zero-order valence-electron chi connectivity index (χ0n) is 19.8. The molecule has 0 fully saturated rings. The number of hydrogen-bond donors (Lipinski definition) is 0. The molecule has 0 saturated carbocycles. The molecule has 0 heterocycles. The van der Waals surface area contributed by atoms with Gasteiger partial charge in [0.2, 0.25) is 0 Å². The number of rotatable bonds is 5. The molecule has 1 nitrogen and oxygen atoms in total. The van der Waals surface area contributed by atoms with Crippen LogP contribution in [-0.4, -0.2) is 5.78 Å². The molecule has 154 valence electrons. The van der Waals surface area contributed by atoms with Gasteiger partial charge in [-0.05, 0) is 62.6 Å². The van der Waals surface area contributed by atoms with Gasteiger partial charge in [-0.2, -0.15) is 0 Å². The highest BCUT2D eigenvalue weighted by Gasteiger charge is 1.92. The van der Waals surface area contributed by atoms with Crippen LogP contribution >= 0.6 is 0 Å². The highest BCUT2D eigenvalue weighted by atomic mass is 16.1. The monoisotopic (exact) mass is 364 g/mol. The van der Waals surface area contributed by atoms with Crippen LogP contribution in [0.15, 0.2) is 18.2 Å². The number of Topliss-reactive ketones (excluding diaryl/α,β-unsaturated/α-hetero) is 1. The molecule has 0 aromatic heterocycles. The molecule has 1 heteroatoms. The topological polar surface area (TPSA) is 17.1 Å². The predicted molar refractivity (Wildman–Crippen MR) is 121 cm³/mol. The largest absolute Gasteiger partial charge is 0.300 e. The molecular weight excluding hydrogens is 316 g/mol. The van der Waals surface area contributed by atoms with Gasteiger partial charge in [0.1, 0.15) is 5.78 Å². The maximum absolute atomic E-state index is 9.44. The Morgan fingerprint density at radius 3 is 1.65 bits per heavy atom. The van der Waals surface area contributed by atoms with Crippen molar-refractivity contribution in [2.75, 3.05) is 0 Å². The fraction of sp³-hybridized carbons (Fsp3) is 0.720.